The van der Waals surface area contributed by atoms with Crippen molar-refractivity contribution in [3.05, 3.63) is 131 Å². The van der Waals surface area contributed by atoms with Gasteiger partial charge in [-0.3, -0.25) is 19.2 Å². The lowest BCUT2D eigenvalue weighted by molar-refractivity contribution is -0.144. The highest BCUT2D eigenvalue weighted by Gasteiger charge is 2.44. The maximum absolute atomic E-state index is 14.0. The van der Waals surface area contributed by atoms with E-state index in [1.165, 1.54) is 4.90 Å². The van der Waals surface area contributed by atoms with E-state index in [1.807, 2.05) is 106 Å². The summed E-state index contributed by atoms with van der Waals surface area (Å²) in [4.78, 5) is 59.6. The molecule has 3 atom stereocenters. The number of nitrogens with one attached hydrogen (secondary N) is 3. The number of ether oxygens (including phenoxy) is 4. The predicted molar refractivity (Wildman–Crippen MR) is 286 cm³/mol. The number of carbonyl (C=O) groups is 4. The van der Waals surface area contributed by atoms with E-state index >= 15 is 0 Å². The van der Waals surface area contributed by atoms with E-state index in [4.69, 9.17) is 30.5 Å². The van der Waals surface area contributed by atoms with Crippen LogP contribution in [0.15, 0.2) is 103 Å². The van der Waals surface area contributed by atoms with Gasteiger partial charge in [0.15, 0.2) is 0 Å². The number of aromatic nitrogens is 1. The van der Waals surface area contributed by atoms with Crippen molar-refractivity contribution in [3.8, 4) is 27.7 Å². The molecule has 6 N–H and O–H groups in total. The second kappa shape index (κ2) is 28.4. The number of thiazole rings is 1. The number of aliphatic hydroxyl groups excluding tert-OH is 1. The number of alkyl halides is 1. The third-order valence-electron chi connectivity index (χ3n) is 12.3. The third kappa shape index (κ3) is 17.1. The molecule has 6 rings (SSSR count). The molecular formula is C56H68ClN5O11S. The van der Waals surface area contributed by atoms with E-state index in [0.29, 0.717) is 24.6 Å². The minimum Gasteiger partial charge on any atom is -0.508 e. The molecule has 1 saturated heterocycles. The van der Waals surface area contributed by atoms with E-state index < -0.39 is 29.5 Å². The Bertz CT molecular complexity index is 2620. The molecule has 18 heteroatoms. The number of phenols is 2. The molecule has 396 valence electrons. The number of β-amino-alcohol motifs (C(OH)–C–C–N with tert-alkyl or cyclic N) is 1. The normalized spacial score (nSPS) is 15.3. The van der Waals surface area contributed by atoms with Crippen molar-refractivity contribution in [2.75, 3.05) is 65.2 Å². The molecule has 1 aliphatic heterocycles. The van der Waals surface area contributed by atoms with Gasteiger partial charge in [0.1, 0.15) is 35.9 Å². The molecule has 5 aromatic rings. The van der Waals surface area contributed by atoms with Crippen molar-refractivity contribution >= 4 is 57.7 Å². The van der Waals surface area contributed by atoms with Crippen LogP contribution >= 0.6 is 22.9 Å². The first-order valence-electron chi connectivity index (χ1n) is 24.8. The van der Waals surface area contributed by atoms with Gasteiger partial charge in [-0.15, -0.1) is 22.9 Å². The number of aliphatic hydroxyl groups is 1. The van der Waals surface area contributed by atoms with Crippen molar-refractivity contribution in [1.29, 1.82) is 0 Å². The topological polar surface area (TPSA) is 218 Å². The molecule has 0 spiro atoms. The number of allylic oxidation sites excluding steroid dienone is 1. The molecular weight excluding hydrogens is 986 g/mol. The number of benzene rings is 4. The smallest absolute Gasteiger partial charge is 0.246 e. The molecule has 0 aliphatic carbocycles. The Kier molecular flexibility index (Phi) is 21.8. The summed E-state index contributed by atoms with van der Waals surface area (Å²) in [6.07, 6.45) is -0.0462. The number of aryl methyl sites for hydroxylation is 1. The van der Waals surface area contributed by atoms with Crippen LogP contribution in [0.5, 0.6) is 17.2 Å². The molecule has 0 radical (unpaired) electrons. The number of nitrogens with zero attached hydrogens (tertiary/aromatic N) is 2. The minimum atomic E-state index is -0.949. The fourth-order valence-corrected chi connectivity index (χ4v) is 9.37. The van der Waals surface area contributed by atoms with Gasteiger partial charge in [-0.05, 0) is 94.1 Å². The largest absolute Gasteiger partial charge is 0.508 e. The van der Waals surface area contributed by atoms with Crippen molar-refractivity contribution < 1.29 is 53.4 Å². The molecule has 0 unspecified atom stereocenters. The number of hydrogen-bond donors (Lipinski definition) is 6. The summed E-state index contributed by atoms with van der Waals surface area (Å²) >= 11 is 7.83. The summed E-state index contributed by atoms with van der Waals surface area (Å²) in [6, 6.07) is 27.6. The summed E-state index contributed by atoms with van der Waals surface area (Å²) in [6.45, 7) is 9.63. The number of phenolic OH excluding ortho intramolecular Hbond substituents is 2. The fraction of sp³-hybridized carbons (Fsp3) is 0.411. The number of aromatic hydroxyl groups is 2. The molecule has 4 aromatic carbocycles. The van der Waals surface area contributed by atoms with Crippen LogP contribution < -0.4 is 20.7 Å². The van der Waals surface area contributed by atoms with Crippen LogP contribution in [-0.2, 0) is 39.9 Å². The molecule has 2 heterocycles. The second-order valence-electron chi connectivity index (χ2n) is 18.9. The number of amides is 4. The first-order chi connectivity index (χ1) is 35.6. The van der Waals surface area contributed by atoms with Crippen LogP contribution in [0.25, 0.3) is 21.6 Å². The van der Waals surface area contributed by atoms with Gasteiger partial charge in [0.2, 0.25) is 23.6 Å². The summed E-state index contributed by atoms with van der Waals surface area (Å²) in [5.41, 5.74) is 8.66. The van der Waals surface area contributed by atoms with Gasteiger partial charge < -0.3 is 55.1 Å². The average Bonchev–Trinajstić information content (AvgIpc) is 4.01. The second-order valence-corrected chi connectivity index (χ2v) is 20.1. The fourth-order valence-electron chi connectivity index (χ4n) is 8.36. The van der Waals surface area contributed by atoms with Crippen molar-refractivity contribution in [1.82, 2.24) is 25.8 Å². The van der Waals surface area contributed by atoms with Gasteiger partial charge in [-0.1, -0.05) is 81.4 Å². The highest BCUT2D eigenvalue weighted by atomic mass is 35.5. The van der Waals surface area contributed by atoms with E-state index in [0.717, 1.165) is 49.5 Å². The minimum absolute atomic E-state index is 0.0000776. The molecule has 1 fully saturated rings. The van der Waals surface area contributed by atoms with E-state index in [2.05, 4.69) is 20.9 Å². The summed E-state index contributed by atoms with van der Waals surface area (Å²) in [5, 5.41) is 39.0. The van der Waals surface area contributed by atoms with Gasteiger partial charge >= 0.3 is 0 Å². The lowest BCUT2D eigenvalue weighted by Crippen LogP contribution is -2.57. The van der Waals surface area contributed by atoms with Crippen LogP contribution in [0.1, 0.15) is 74.4 Å². The van der Waals surface area contributed by atoms with Crippen molar-refractivity contribution in [2.24, 2.45) is 5.41 Å². The highest BCUT2D eigenvalue weighted by molar-refractivity contribution is 7.13. The van der Waals surface area contributed by atoms with E-state index in [1.54, 1.807) is 35.6 Å². The standard InChI is InChI=1S/C56H68ClN5O11S/c1-37-52(74-36-60-37)42-7-5-38(6-8-42)34-59-54(68)48-33-45(65)35-62(48)55(69)53(56(2,3)4)61-50(67)23-27-71-30-32-72-31-29-70-26-22-49(66)58-25-28-73-46-19-13-41(14-20-46)51(40-11-17-44(64)18-12-40)47(21-24-57)39-9-15-43(63)16-10-39/h5-20,36,45,48,53,63-65H,21-35H2,1-4H3,(H,58,66)(H,59,68)(H,61,67)/t45-,48+,53-/m1/s1. The molecule has 1 aromatic heterocycles. The Labute approximate surface area is 442 Å². The Morgan fingerprint density at radius 1 is 0.743 bits per heavy atom. The van der Waals surface area contributed by atoms with Crippen molar-refractivity contribution in [2.45, 2.75) is 78.1 Å². The van der Waals surface area contributed by atoms with Gasteiger partial charge in [-0.25, -0.2) is 4.98 Å². The van der Waals surface area contributed by atoms with Crippen LogP contribution in [0, 0.1) is 12.3 Å². The van der Waals surface area contributed by atoms with Gasteiger partial charge in [-0.2, -0.15) is 0 Å². The zero-order valence-corrected chi connectivity index (χ0v) is 44.0. The first-order valence-corrected chi connectivity index (χ1v) is 26.2. The first kappa shape index (κ1) is 56.9. The summed E-state index contributed by atoms with van der Waals surface area (Å²) in [7, 11) is 0. The lowest BCUT2D eigenvalue weighted by Gasteiger charge is -2.35. The molecule has 1 aliphatic rings. The van der Waals surface area contributed by atoms with E-state index in [9.17, 15) is 34.5 Å². The number of hydrogen-bond acceptors (Lipinski definition) is 13. The maximum Gasteiger partial charge on any atom is 0.246 e. The third-order valence-corrected chi connectivity index (χ3v) is 13.4. The van der Waals surface area contributed by atoms with Crippen LogP contribution in [0.3, 0.4) is 0 Å². The van der Waals surface area contributed by atoms with Gasteiger partial charge in [0.25, 0.3) is 0 Å². The Morgan fingerprint density at radius 2 is 1.31 bits per heavy atom. The molecule has 0 bridgehead atoms. The van der Waals surface area contributed by atoms with Crippen molar-refractivity contribution in [3.63, 3.8) is 0 Å². The molecule has 0 saturated carbocycles. The monoisotopic (exact) mass is 1050 g/mol. The van der Waals surface area contributed by atoms with Crippen LogP contribution in [0.2, 0.25) is 0 Å². The average molecular weight is 1050 g/mol. The molecule has 74 heavy (non-hydrogen) atoms. The summed E-state index contributed by atoms with van der Waals surface area (Å²) < 4.78 is 22.6. The van der Waals surface area contributed by atoms with Gasteiger partial charge in [0, 0.05) is 38.2 Å². The Morgan fingerprint density at radius 3 is 1.88 bits per heavy atom. The van der Waals surface area contributed by atoms with Crippen LogP contribution in [-0.4, -0.2) is 132 Å². The number of likely N-dealkylation sites (tertiary alicyclic amines) is 1. The van der Waals surface area contributed by atoms with Crippen LogP contribution in [0.4, 0.5) is 0 Å². The summed E-state index contributed by atoms with van der Waals surface area (Å²) in [5.74, 6) is -0.0357. The molecule has 16 nitrogen and oxygen atoms in total. The zero-order chi connectivity index (χ0) is 53.0. The highest BCUT2D eigenvalue weighted by Crippen LogP contribution is 2.37. The quantitative estimate of drug-likeness (QED) is 0.0174. The van der Waals surface area contributed by atoms with E-state index in [-0.39, 0.29) is 108 Å². The van der Waals surface area contributed by atoms with Gasteiger partial charge in [0.05, 0.1) is 68.4 Å². The SMILES string of the molecule is Cc1ncsc1-c1ccc(CNC(=O)[C@@H]2C[C@@H](O)CN2C(=O)[C@@H](NC(=O)CCOCCOCCOCCC(=O)NCCOc2ccc(C(=C(CCCl)c3ccc(O)cc3)c3ccc(O)cc3)cc2)C(C)(C)C)cc1. The molecule has 4 amide bonds. The number of carbonyl (C=O) groups excluding carboxylic acids is 4. The lowest BCUT2D eigenvalue weighted by atomic mass is 9.85. The number of halogens is 1. The Hall–Kier alpha value is -6.34. The maximum atomic E-state index is 14.0. The number of rotatable bonds is 27. The Balaban J connectivity index is 0.821. The zero-order valence-electron chi connectivity index (χ0n) is 42.4. The predicted octanol–water partition coefficient (Wildman–Crippen LogP) is 7.25.